The van der Waals surface area contributed by atoms with E-state index in [1.165, 1.54) is 11.8 Å². The second-order valence-electron chi connectivity index (χ2n) is 4.89. The van der Waals surface area contributed by atoms with Gasteiger partial charge in [-0.2, -0.15) is 10.3 Å². The molecule has 18 heavy (non-hydrogen) atoms. The van der Waals surface area contributed by atoms with Crippen molar-refractivity contribution in [2.24, 2.45) is 4.99 Å². The standard InChI is InChI=1S/C12H20N4S2/c1-8(2)16(9(3)4)11(17)14-12-15(5)7-10(6-13)18-12/h8-10H,7H2,1-5H3/b14-12+. The van der Waals surface area contributed by atoms with Gasteiger partial charge in [0, 0.05) is 25.7 Å². The molecule has 0 N–H and O–H groups in total. The number of rotatable bonds is 2. The van der Waals surface area contributed by atoms with E-state index >= 15 is 0 Å². The molecule has 1 unspecified atom stereocenters. The Labute approximate surface area is 119 Å². The van der Waals surface area contributed by atoms with Crippen LogP contribution < -0.4 is 0 Å². The molecule has 0 amide bonds. The molecule has 100 valence electrons. The van der Waals surface area contributed by atoms with Gasteiger partial charge in [-0.3, -0.25) is 0 Å². The van der Waals surface area contributed by atoms with E-state index in [9.17, 15) is 0 Å². The second-order valence-corrected chi connectivity index (χ2v) is 6.42. The Hall–Kier alpha value is -0.800. The van der Waals surface area contributed by atoms with Gasteiger partial charge in [-0.15, -0.1) is 0 Å². The molecule has 0 aromatic rings. The van der Waals surface area contributed by atoms with Gasteiger partial charge in [0.05, 0.1) is 6.07 Å². The zero-order chi connectivity index (χ0) is 13.9. The third-order valence-corrected chi connectivity index (χ3v) is 4.14. The molecule has 1 heterocycles. The summed E-state index contributed by atoms with van der Waals surface area (Å²) in [5.41, 5.74) is 0. The highest BCUT2D eigenvalue weighted by atomic mass is 32.2. The minimum Gasteiger partial charge on any atom is -0.352 e. The Morgan fingerprint density at radius 1 is 1.50 bits per heavy atom. The zero-order valence-corrected chi connectivity index (χ0v) is 13.2. The number of aliphatic imine (C=N–C) groups is 1. The fraction of sp³-hybridized carbons (Fsp3) is 0.750. The fourth-order valence-electron chi connectivity index (χ4n) is 1.94. The van der Waals surface area contributed by atoms with Gasteiger partial charge in [-0.25, -0.2) is 0 Å². The minimum atomic E-state index is -0.0388. The molecular weight excluding hydrogens is 264 g/mol. The molecule has 0 aromatic carbocycles. The average Bonchev–Trinajstić information content (AvgIpc) is 2.58. The summed E-state index contributed by atoms with van der Waals surface area (Å²) >= 11 is 6.90. The summed E-state index contributed by atoms with van der Waals surface area (Å²) in [7, 11) is 1.95. The quantitative estimate of drug-likeness (QED) is 0.728. The average molecular weight is 284 g/mol. The van der Waals surface area contributed by atoms with E-state index in [0.29, 0.717) is 23.7 Å². The Bertz CT molecular complexity index is 376. The Morgan fingerprint density at radius 2 is 2.06 bits per heavy atom. The molecule has 1 fully saturated rings. The van der Waals surface area contributed by atoms with Crippen LogP contribution in [-0.4, -0.2) is 51.0 Å². The smallest absolute Gasteiger partial charge is 0.198 e. The van der Waals surface area contributed by atoms with Crippen LogP contribution in [0.3, 0.4) is 0 Å². The number of thioether (sulfide) groups is 1. The lowest BCUT2D eigenvalue weighted by molar-refractivity contribution is 0.294. The first-order chi connectivity index (χ1) is 8.36. The van der Waals surface area contributed by atoms with Gasteiger partial charge in [0.15, 0.2) is 10.3 Å². The van der Waals surface area contributed by atoms with Crippen molar-refractivity contribution in [2.45, 2.75) is 45.0 Å². The van der Waals surface area contributed by atoms with Crippen molar-refractivity contribution < 1.29 is 0 Å². The molecule has 1 rings (SSSR count). The van der Waals surface area contributed by atoms with Crippen LogP contribution in [0.4, 0.5) is 0 Å². The van der Waals surface area contributed by atoms with E-state index in [1.807, 2.05) is 11.9 Å². The van der Waals surface area contributed by atoms with Crippen LogP contribution in [0.15, 0.2) is 4.99 Å². The van der Waals surface area contributed by atoms with E-state index in [0.717, 1.165) is 5.17 Å². The van der Waals surface area contributed by atoms with Crippen LogP contribution in [0.1, 0.15) is 27.7 Å². The molecule has 0 saturated carbocycles. The Kier molecular flexibility index (Phi) is 5.42. The second kappa shape index (κ2) is 6.39. The van der Waals surface area contributed by atoms with Crippen LogP contribution in [0, 0.1) is 11.3 Å². The van der Waals surface area contributed by atoms with Gasteiger partial charge in [-0.05, 0) is 39.9 Å². The third-order valence-electron chi connectivity index (χ3n) is 2.68. The first kappa shape index (κ1) is 15.3. The lowest BCUT2D eigenvalue weighted by Crippen LogP contribution is -2.40. The topological polar surface area (TPSA) is 42.6 Å². The molecule has 0 aliphatic carbocycles. The first-order valence-corrected chi connectivity index (χ1v) is 7.34. The zero-order valence-electron chi connectivity index (χ0n) is 11.5. The molecule has 6 heteroatoms. The molecule has 0 bridgehead atoms. The van der Waals surface area contributed by atoms with Crippen molar-refractivity contribution >= 4 is 34.3 Å². The summed E-state index contributed by atoms with van der Waals surface area (Å²) in [4.78, 5) is 8.61. The van der Waals surface area contributed by atoms with Crippen LogP contribution >= 0.6 is 24.0 Å². The lowest BCUT2D eigenvalue weighted by Gasteiger charge is -2.31. The highest BCUT2D eigenvalue weighted by molar-refractivity contribution is 8.14. The molecule has 1 saturated heterocycles. The predicted molar refractivity (Wildman–Crippen MR) is 81.8 cm³/mol. The van der Waals surface area contributed by atoms with Crippen molar-refractivity contribution in [3.05, 3.63) is 0 Å². The minimum absolute atomic E-state index is 0.0388. The molecule has 0 spiro atoms. The van der Waals surface area contributed by atoms with Gasteiger partial charge < -0.3 is 9.80 Å². The van der Waals surface area contributed by atoms with Crippen LogP contribution in [0.2, 0.25) is 0 Å². The summed E-state index contributed by atoms with van der Waals surface area (Å²) in [6, 6.07) is 2.90. The first-order valence-electron chi connectivity index (χ1n) is 6.05. The number of nitriles is 1. The molecule has 1 atom stereocenters. The Balaban J connectivity index is 2.83. The summed E-state index contributed by atoms with van der Waals surface area (Å²) in [5, 5.41) is 10.3. The summed E-state index contributed by atoms with van der Waals surface area (Å²) < 4.78 is 0. The molecule has 1 aliphatic heterocycles. The maximum Gasteiger partial charge on any atom is 0.198 e. The number of hydrogen-bond donors (Lipinski definition) is 0. The molecule has 1 aliphatic rings. The van der Waals surface area contributed by atoms with E-state index in [1.54, 1.807) is 0 Å². The largest absolute Gasteiger partial charge is 0.352 e. The van der Waals surface area contributed by atoms with Crippen molar-refractivity contribution in [3.63, 3.8) is 0 Å². The molecule has 4 nitrogen and oxygen atoms in total. The summed E-state index contributed by atoms with van der Waals surface area (Å²) in [6.45, 7) is 9.14. The van der Waals surface area contributed by atoms with Gasteiger partial charge in [-0.1, -0.05) is 11.8 Å². The summed E-state index contributed by atoms with van der Waals surface area (Å²) in [5.74, 6) is 0. The number of amidine groups is 1. The molecular formula is C12H20N4S2. The van der Waals surface area contributed by atoms with Crippen molar-refractivity contribution in [3.8, 4) is 6.07 Å². The number of nitrogens with zero attached hydrogens (tertiary/aromatic N) is 4. The monoisotopic (exact) mass is 284 g/mol. The van der Waals surface area contributed by atoms with Crippen LogP contribution in [-0.2, 0) is 0 Å². The Morgan fingerprint density at radius 3 is 2.44 bits per heavy atom. The fourth-order valence-corrected chi connectivity index (χ4v) is 3.50. The summed E-state index contributed by atoms with van der Waals surface area (Å²) in [6.07, 6.45) is 0. The van der Waals surface area contributed by atoms with Gasteiger partial charge >= 0.3 is 0 Å². The van der Waals surface area contributed by atoms with Crippen LogP contribution in [0.25, 0.3) is 0 Å². The molecule has 0 aromatic heterocycles. The van der Waals surface area contributed by atoms with Gasteiger partial charge in [0.1, 0.15) is 5.25 Å². The van der Waals surface area contributed by atoms with E-state index in [2.05, 4.69) is 43.7 Å². The van der Waals surface area contributed by atoms with Crippen molar-refractivity contribution in [1.82, 2.24) is 9.80 Å². The van der Waals surface area contributed by atoms with Crippen molar-refractivity contribution in [1.29, 1.82) is 5.26 Å². The van der Waals surface area contributed by atoms with E-state index in [4.69, 9.17) is 17.5 Å². The third kappa shape index (κ3) is 3.59. The molecule has 0 radical (unpaired) electrons. The predicted octanol–water partition coefficient (Wildman–Crippen LogP) is 2.32. The van der Waals surface area contributed by atoms with E-state index < -0.39 is 0 Å². The lowest BCUT2D eigenvalue weighted by atomic mass is 10.2. The highest BCUT2D eigenvalue weighted by Crippen LogP contribution is 2.24. The SMILES string of the molecule is CC(C)N(C(=S)/N=C1/SC(C#N)CN1C)C(C)C. The number of hydrogen-bond acceptors (Lipinski definition) is 3. The van der Waals surface area contributed by atoms with E-state index in [-0.39, 0.29) is 5.25 Å². The van der Waals surface area contributed by atoms with Gasteiger partial charge in [0.2, 0.25) is 0 Å². The van der Waals surface area contributed by atoms with Crippen molar-refractivity contribution in [2.75, 3.05) is 13.6 Å². The van der Waals surface area contributed by atoms with Crippen LogP contribution in [0.5, 0.6) is 0 Å². The maximum atomic E-state index is 8.93. The normalized spacial score (nSPS) is 21.8. The maximum absolute atomic E-state index is 8.93. The van der Waals surface area contributed by atoms with Gasteiger partial charge in [0.25, 0.3) is 0 Å². The number of thiocarbonyl (C=S) groups is 1. The highest BCUT2D eigenvalue weighted by Gasteiger charge is 2.27.